The highest BCUT2D eigenvalue weighted by molar-refractivity contribution is 5.79. The largest absolute Gasteiger partial charge is 0.346 e. The molecule has 0 saturated heterocycles. The van der Waals surface area contributed by atoms with E-state index in [0.29, 0.717) is 11.8 Å². The van der Waals surface area contributed by atoms with Gasteiger partial charge in [-0.1, -0.05) is 40.5 Å². The van der Waals surface area contributed by atoms with Crippen molar-refractivity contribution in [2.75, 3.05) is 13.6 Å². The van der Waals surface area contributed by atoms with Crippen LogP contribution in [0.3, 0.4) is 0 Å². The summed E-state index contributed by atoms with van der Waals surface area (Å²) >= 11 is 0. The molecule has 1 aliphatic carbocycles. The third kappa shape index (κ3) is 3.71. The van der Waals surface area contributed by atoms with Crippen molar-refractivity contribution in [3.05, 3.63) is 0 Å². The maximum absolute atomic E-state index is 12.6. The number of nitrogens with two attached hydrogens (primary N) is 1. The van der Waals surface area contributed by atoms with Crippen LogP contribution in [-0.4, -0.2) is 30.4 Å². The van der Waals surface area contributed by atoms with E-state index in [1.807, 2.05) is 11.9 Å². The van der Waals surface area contributed by atoms with Gasteiger partial charge in [-0.25, -0.2) is 0 Å². The van der Waals surface area contributed by atoms with Crippen LogP contribution >= 0.6 is 0 Å². The van der Waals surface area contributed by atoms with Crippen LogP contribution in [0.2, 0.25) is 0 Å². The molecule has 3 heteroatoms. The zero-order valence-corrected chi connectivity index (χ0v) is 13.4. The van der Waals surface area contributed by atoms with E-state index in [2.05, 4.69) is 27.7 Å². The average Bonchev–Trinajstić information content (AvgIpc) is 2.35. The number of amides is 1. The second-order valence-electron chi connectivity index (χ2n) is 6.87. The van der Waals surface area contributed by atoms with Crippen molar-refractivity contribution in [3.63, 3.8) is 0 Å². The first-order chi connectivity index (χ1) is 8.82. The molecule has 3 unspecified atom stereocenters. The molecule has 0 bridgehead atoms. The summed E-state index contributed by atoms with van der Waals surface area (Å²) in [5.74, 6) is 0.855. The van der Waals surface area contributed by atoms with Crippen LogP contribution in [0.15, 0.2) is 0 Å². The first kappa shape index (κ1) is 16.5. The van der Waals surface area contributed by atoms with Gasteiger partial charge in [-0.15, -0.1) is 0 Å². The minimum Gasteiger partial charge on any atom is -0.346 e. The van der Waals surface area contributed by atoms with Crippen LogP contribution in [0.5, 0.6) is 0 Å². The van der Waals surface area contributed by atoms with Crippen molar-refractivity contribution in [2.24, 2.45) is 23.0 Å². The van der Waals surface area contributed by atoms with Crippen molar-refractivity contribution >= 4 is 5.91 Å². The Balaban J connectivity index is 2.65. The Morgan fingerprint density at radius 2 is 1.95 bits per heavy atom. The summed E-state index contributed by atoms with van der Waals surface area (Å²) in [4.78, 5) is 14.6. The van der Waals surface area contributed by atoms with Crippen molar-refractivity contribution in [1.29, 1.82) is 0 Å². The fraction of sp³-hybridized carbons (Fsp3) is 0.938. The molecule has 19 heavy (non-hydrogen) atoms. The molecule has 0 radical (unpaired) electrons. The summed E-state index contributed by atoms with van der Waals surface area (Å²) in [7, 11) is 1.95. The first-order valence-corrected chi connectivity index (χ1v) is 7.82. The lowest BCUT2D eigenvalue weighted by Gasteiger charge is -2.47. The van der Waals surface area contributed by atoms with Gasteiger partial charge in [0.25, 0.3) is 0 Å². The van der Waals surface area contributed by atoms with E-state index in [1.54, 1.807) is 0 Å². The normalized spacial score (nSPS) is 30.1. The van der Waals surface area contributed by atoms with Gasteiger partial charge in [-0.3, -0.25) is 4.79 Å². The molecule has 1 fully saturated rings. The predicted molar refractivity (Wildman–Crippen MR) is 80.8 cm³/mol. The molecule has 0 aromatic carbocycles. The van der Waals surface area contributed by atoms with Crippen LogP contribution < -0.4 is 5.73 Å². The molecule has 3 atom stereocenters. The van der Waals surface area contributed by atoms with Crippen molar-refractivity contribution < 1.29 is 4.79 Å². The number of unbranched alkanes of at least 4 members (excludes halogenated alkanes) is 2. The molecule has 1 saturated carbocycles. The lowest BCUT2D eigenvalue weighted by molar-refractivity contribution is -0.142. The summed E-state index contributed by atoms with van der Waals surface area (Å²) in [5, 5.41) is 0. The van der Waals surface area contributed by atoms with Gasteiger partial charge in [-0.2, -0.15) is 0 Å². The second-order valence-corrected chi connectivity index (χ2v) is 6.87. The lowest BCUT2D eigenvalue weighted by atomic mass is 9.61. The van der Waals surface area contributed by atoms with Gasteiger partial charge in [0.2, 0.25) is 5.91 Å². The van der Waals surface area contributed by atoms with Crippen molar-refractivity contribution in [2.45, 2.75) is 65.8 Å². The van der Waals surface area contributed by atoms with E-state index < -0.39 is 0 Å². The Bertz CT molecular complexity index is 301. The number of nitrogens with zero attached hydrogens (tertiary/aromatic N) is 1. The topological polar surface area (TPSA) is 46.3 Å². The maximum atomic E-state index is 12.6. The zero-order valence-electron chi connectivity index (χ0n) is 13.4. The summed E-state index contributed by atoms with van der Waals surface area (Å²) in [6.07, 6.45) is 5.43. The van der Waals surface area contributed by atoms with Gasteiger partial charge in [0.1, 0.15) is 0 Å². The molecule has 0 aromatic heterocycles. The number of carbonyl (C=O) groups is 1. The average molecular weight is 268 g/mol. The molecule has 0 aliphatic heterocycles. The molecule has 1 amide bonds. The summed E-state index contributed by atoms with van der Waals surface area (Å²) in [6.45, 7) is 9.69. The van der Waals surface area contributed by atoms with Crippen LogP contribution in [-0.2, 0) is 4.79 Å². The molecule has 1 rings (SSSR count). The van der Waals surface area contributed by atoms with Crippen molar-refractivity contribution in [3.8, 4) is 0 Å². The maximum Gasteiger partial charge on any atom is 0.225 e. The Morgan fingerprint density at radius 1 is 1.32 bits per heavy atom. The minimum atomic E-state index is 0.00770. The molecule has 0 heterocycles. The van der Waals surface area contributed by atoms with E-state index in [0.717, 1.165) is 25.8 Å². The molecule has 0 spiro atoms. The van der Waals surface area contributed by atoms with Gasteiger partial charge in [0.15, 0.2) is 0 Å². The van der Waals surface area contributed by atoms with E-state index in [4.69, 9.17) is 5.73 Å². The third-order valence-electron chi connectivity index (χ3n) is 5.27. The molecule has 112 valence electrons. The van der Waals surface area contributed by atoms with Crippen LogP contribution in [0.1, 0.15) is 59.8 Å². The standard InChI is InChI=1S/C16H32N2O/c1-6-7-8-11-18(5)15(19)13-9-10-14(17)12(2)16(13,3)4/h12-14H,6-11,17H2,1-5H3. The molecule has 2 N–H and O–H groups in total. The number of hydrogen-bond acceptors (Lipinski definition) is 2. The smallest absolute Gasteiger partial charge is 0.225 e. The van der Waals surface area contributed by atoms with Gasteiger partial charge in [0, 0.05) is 25.6 Å². The number of carbonyl (C=O) groups excluding carboxylic acids is 1. The Hall–Kier alpha value is -0.570. The van der Waals surface area contributed by atoms with E-state index >= 15 is 0 Å². The van der Waals surface area contributed by atoms with Crippen LogP contribution in [0, 0.1) is 17.3 Å². The first-order valence-electron chi connectivity index (χ1n) is 7.82. The summed E-state index contributed by atoms with van der Waals surface area (Å²) in [6, 6.07) is 0.240. The van der Waals surface area contributed by atoms with E-state index in [-0.39, 0.29) is 17.4 Å². The Morgan fingerprint density at radius 3 is 2.53 bits per heavy atom. The van der Waals surface area contributed by atoms with Gasteiger partial charge >= 0.3 is 0 Å². The van der Waals surface area contributed by atoms with Crippen molar-refractivity contribution in [1.82, 2.24) is 4.90 Å². The fourth-order valence-corrected chi connectivity index (χ4v) is 3.27. The SMILES string of the molecule is CCCCCN(C)C(=O)C1CCC(N)C(C)C1(C)C. The molecule has 1 aliphatic rings. The van der Waals surface area contributed by atoms with Crippen LogP contribution in [0.25, 0.3) is 0 Å². The van der Waals surface area contributed by atoms with E-state index in [9.17, 15) is 4.79 Å². The molecular weight excluding hydrogens is 236 g/mol. The highest BCUT2D eigenvalue weighted by Crippen LogP contribution is 2.45. The van der Waals surface area contributed by atoms with E-state index in [1.165, 1.54) is 12.8 Å². The fourth-order valence-electron chi connectivity index (χ4n) is 3.27. The van der Waals surface area contributed by atoms with Gasteiger partial charge in [0.05, 0.1) is 0 Å². The Labute approximate surface area is 118 Å². The third-order valence-corrected chi connectivity index (χ3v) is 5.27. The molecular formula is C16H32N2O. The monoisotopic (exact) mass is 268 g/mol. The van der Waals surface area contributed by atoms with Crippen LogP contribution in [0.4, 0.5) is 0 Å². The quantitative estimate of drug-likeness (QED) is 0.779. The zero-order chi connectivity index (χ0) is 14.6. The highest BCUT2D eigenvalue weighted by atomic mass is 16.2. The minimum absolute atomic E-state index is 0.00770. The van der Waals surface area contributed by atoms with Gasteiger partial charge in [-0.05, 0) is 30.6 Å². The number of hydrogen-bond donors (Lipinski definition) is 1. The Kier molecular flexibility index (Phi) is 5.84. The lowest BCUT2D eigenvalue weighted by Crippen LogP contribution is -2.51. The number of rotatable bonds is 5. The highest BCUT2D eigenvalue weighted by Gasteiger charge is 2.45. The van der Waals surface area contributed by atoms with Gasteiger partial charge < -0.3 is 10.6 Å². The predicted octanol–water partition coefficient (Wildman–Crippen LogP) is 3.03. The second kappa shape index (κ2) is 6.74. The molecule has 3 nitrogen and oxygen atoms in total. The molecule has 0 aromatic rings. The summed E-state index contributed by atoms with van der Waals surface area (Å²) < 4.78 is 0. The summed E-state index contributed by atoms with van der Waals surface area (Å²) in [5.41, 5.74) is 6.17.